The highest BCUT2D eigenvalue weighted by Crippen LogP contribution is 2.29. The fourth-order valence-electron chi connectivity index (χ4n) is 3.34. The molecule has 1 fully saturated rings. The first kappa shape index (κ1) is 21.4. The molecule has 2 aromatic carbocycles. The highest BCUT2D eigenvalue weighted by Gasteiger charge is 2.38. The molecule has 1 N–H and O–H groups in total. The number of hydrogen-bond donors (Lipinski definition) is 1. The molecule has 8 heteroatoms. The number of para-hydroxylation sites is 2. The van der Waals surface area contributed by atoms with Crippen molar-refractivity contribution in [3.8, 4) is 0 Å². The Labute approximate surface area is 172 Å². The van der Waals surface area contributed by atoms with Crippen molar-refractivity contribution in [1.29, 1.82) is 0 Å². The van der Waals surface area contributed by atoms with E-state index >= 15 is 0 Å². The molecular formula is C22H22F2N2O4. The Morgan fingerprint density at radius 1 is 1.17 bits per heavy atom. The van der Waals surface area contributed by atoms with E-state index in [4.69, 9.17) is 4.74 Å². The molecule has 0 unspecified atom stereocenters. The molecule has 0 radical (unpaired) electrons. The van der Waals surface area contributed by atoms with Crippen LogP contribution in [0.25, 0.3) is 0 Å². The first-order valence-corrected chi connectivity index (χ1v) is 9.65. The third kappa shape index (κ3) is 4.48. The smallest absolute Gasteiger partial charge is 0.312 e. The predicted molar refractivity (Wildman–Crippen MR) is 107 cm³/mol. The Balaban J connectivity index is 1.63. The summed E-state index contributed by atoms with van der Waals surface area (Å²) in [5, 5.41) is 2.09. The molecule has 158 valence electrons. The minimum atomic E-state index is -1.29. The second kappa shape index (κ2) is 9.02. The molecule has 1 heterocycles. The Morgan fingerprint density at radius 2 is 1.83 bits per heavy atom. The number of halogens is 2. The Hall–Kier alpha value is -3.29. The summed E-state index contributed by atoms with van der Waals surface area (Å²) in [6.07, 6.45) is -0.588. The first-order chi connectivity index (χ1) is 14.3. The Morgan fingerprint density at radius 3 is 2.50 bits per heavy atom. The number of nitrogens with one attached hydrogen (secondary N) is 1. The maximum atomic E-state index is 13.7. The van der Waals surface area contributed by atoms with Crippen LogP contribution in [0, 0.1) is 17.6 Å². The second-order valence-electron chi connectivity index (χ2n) is 7.05. The summed E-state index contributed by atoms with van der Waals surface area (Å²) in [7, 11) is 0. The first-order valence-electron chi connectivity index (χ1n) is 9.65. The fraction of sp³-hybridized carbons (Fsp3) is 0.318. The fourth-order valence-corrected chi connectivity index (χ4v) is 3.34. The molecule has 1 aliphatic heterocycles. The van der Waals surface area contributed by atoms with Crippen molar-refractivity contribution in [2.75, 3.05) is 16.8 Å². The van der Waals surface area contributed by atoms with E-state index in [0.717, 1.165) is 29.8 Å². The lowest BCUT2D eigenvalue weighted by Gasteiger charge is -2.20. The van der Waals surface area contributed by atoms with Crippen molar-refractivity contribution in [2.45, 2.75) is 32.8 Å². The van der Waals surface area contributed by atoms with Gasteiger partial charge in [-0.15, -0.1) is 0 Å². The number of benzene rings is 2. The van der Waals surface area contributed by atoms with Crippen molar-refractivity contribution in [1.82, 2.24) is 0 Å². The third-order valence-corrected chi connectivity index (χ3v) is 4.99. The predicted octanol–water partition coefficient (Wildman–Crippen LogP) is 3.45. The quantitative estimate of drug-likeness (QED) is 0.732. The van der Waals surface area contributed by atoms with Gasteiger partial charge in [0, 0.05) is 18.7 Å². The topological polar surface area (TPSA) is 75.7 Å². The Kier molecular flexibility index (Phi) is 6.44. The minimum absolute atomic E-state index is 0.0346. The Bertz CT molecular complexity index is 959. The van der Waals surface area contributed by atoms with Crippen LogP contribution in [0.2, 0.25) is 0 Å². The maximum absolute atomic E-state index is 13.7. The van der Waals surface area contributed by atoms with Crippen LogP contribution in [-0.4, -0.2) is 30.4 Å². The molecule has 30 heavy (non-hydrogen) atoms. The average molecular weight is 416 g/mol. The van der Waals surface area contributed by atoms with E-state index in [-0.39, 0.29) is 18.9 Å². The number of hydrogen-bond acceptors (Lipinski definition) is 4. The van der Waals surface area contributed by atoms with E-state index in [1.807, 2.05) is 31.2 Å². The van der Waals surface area contributed by atoms with Crippen molar-refractivity contribution >= 4 is 29.2 Å². The zero-order chi connectivity index (χ0) is 21.8. The van der Waals surface area contributed by atoms with E-state index in [2.05, 4.69) is 5.32 Å². The molecule has 6 nitrogen and oxygen atoms in total. The maximum Gasteiger partial charge on any atom is 0.312 e. The summed E-state index contributed by atoms with van der Waals surface area (Å²) in [6, 6.07) is 10.6. The summed E-state index contributed by atoms with van der Waals surface area (Å²) >= 11 is 0. The van der Waals surface area contributed by atoms with Crippen molar-refractivity contribution in [3.63, 3.8) is 0 Å². The van der Waals surface area contributed by atoms with Gasteiger partial charge in [-0.1, -0.05) is 31.2 Å². The molecule has 1 aliphatic rings. The van der Waals surface area contributed by atoms with Crippen LogP contribution in [0.4, 0.5) is 20.2 Å². The van der Waals surface area contributed by atoms with Gasteiger partial charge < -0.3 is 15.0 Å². The number of anilines is 2. The van der Waals surface area contributed by atoms with E-state index in [0.29, 0.717) is 0 Å². The number of nitrogens with zero attached hydrogens (tertiary/aromatic N) is 1. The zero-order valence-corrected chi connectivity index (χ0v) is 16.7. The summed E-state index contributed by atoms with van der Waals surface area (Å²) in [4.78, 5) is 38.7. The summed E-state index contributed by atoms with van der Waals surface area (Å²) in [5.41, 5.74) is 1.13. The van der Waals surface area contributed by atoms with Gasteiger partial charge in [0.15, 0.2) is 6.10 Å². The van der Waals surface area contributed by atoms with Gasteiger partial charge in [0.2, 0.25) is 5.91 Å². The minimum Gasteiger partial charge on any atom is -0.452 e. The van der Waals surface area contributed by atoms with E-state index in [9.17, 15) is 23.2 Å². The van der Waals surface area contributed by atoms with Gasteiger partial charge in [-0.2, -0.15) is 0 Å². The molecule has 2 aromatic rings. The van der Waals surface area contributed by atoms with Crippen molar-refractivity contribution in [3.05, 3.63) is 59.7 Å². The number of rotatable bonds is 6. The molecule has 0 bridgehead atoms. The molecule has 1 saturated heterocycles. The van der Waals surface area contributed by atoms with E-state index in [1.54, 1.807) is 4.90 Å². The summed E-state index contributed by atoms with van der Waals surface area (Å²) in [6.45, 7) is 3.42. The zero-order valence-electron chi connectivity index (χ0n) is 16.7. The van der Waals surface area contributed by atoms with E-state index in [1.165, 1.54) is 13.0 Å². The van der Waals surface area contributed by atoms with E-state index < -0.39 is 41.2 Å². The lowest BCUT2D eigenvalue weighted by molar-refractivity contribution is -0.157. The van der Waals surface area contributed by atoms with Crippen LogP contribution in [0.1, 0.15) is 25.8 Å². The SMILES string of the molecule is CCc1ccccc1N1C[C@H](C(=O)O[C@@H](C)C(=O)Nc2c(F)cccc2F)CC1=O. The standard InChI is InChI=1S/C22H22F2N2O4/c1-3-14-7-4-5-10-18(14)26-12-15(11-19(26)27)22(29)30-13(2)21(28)25-20-16(23)8-6-9-17(20)24/h4-10,13,15H,3,11-12H2,1-2H3,(H,25,28)/t13-,15+/m0/s1. The van der Waals surface area contributed by atoms with Gasteiger partial charge in [0.25, 0.3) is 5.91 Å². The molecule has 3 rings (SSSR count). The number of carbonyl (C=O) groups is 3. The molecule has 0 saturated carbocycles. The van der Waals surface area contributed by atoms with Crippen LogP contribution in [0.15, 0.2) is 42.5 Å². The van der Waals surface area contributed by atoms with Crippen LogP contribution in [0.5, 0.6) is 0 Å². The summed E-state index contributed by atoms with van der Waals surface area (Å²) in [5.74, 6) is -4.39. The van der Waals surface area contributed by atoms with Gasteiger partial charge in [-0.25, -0.2) is 8.78 Å². The largest absolute Gasteiger partial charge is 0.452 e. The molecule has 0 spiro atoms. The number of ether oxygens (including phenoxy) is 1. The van der Waals surface area contributed by atoms with Gasteiger partial charge in [0.05, 0.1) is 5.92 Å². The van der Waals surface area contributed by atoms with Crippen LogP contribution in [0.3, 0.4) is 0 Å². The molecule has 2 amide bonds. The van der Waals surface area contributed by atoms with Crippen molar-refractivity contribution < 1.29 is 27.9 Å². The number of aryl methyl sites for hydroxylation is 1. The molecular weight excluding hydrogens is 394 g/mol. The van der Waals surface area contributed by atoms with Crippen LogP contribution in [-0.2, 0) is 25.5 Å². The van der Waals surface area contributed by atoms with Gasteiger partial charge in [-0.3, -0.25) is 14.4 Å². The normalized spacial score (nSPS) is 17.0. The molecule has 0 aliphatic carbocycles. The number of amides is 2. The van der Waals surface area contributed by atoms with Crippen molar-refractivity contribution in [2.24, 2.45) is 5.92 Å². The van der Waals surface area contributed by atoms with Crippen LogP contribution >= 0.6 is 0 Å². The summed E-state index contributed by atoms with van der Waals surface area (Å²) < 4.78 is 32.5. The lowest BCUT2D eigenvalue weighted by atomic mass is 10.1. The highest BCUT2D eigenvalue weighted by atomic mass is 19.1. The van der Waals surface area contributed by atoms with Gasteiger partial charge in [-0.05, 0) is 37.1 Å². The molecule has 2 atom stereocenters. The molecule has 0 aromatic heterocycles. The number of esters is 1. The monoisotopic (exact) mass is 416 g/mol. The highest BCUT2D eigenvalue weighted by molar-refractivity contribution is 6.01. The van der Waals surface area contributed by atoms with Crippen LogP contribution < -0.4 is 10.2 Å². The average Bonchev–Trinajstić information content (AvgIpc) is 3.12. The second-order valence-corrected chi connectivity index (χ2v) is 7.05. The number of carbonyl (C=O) groups excluding carboxylic acids is 3. The lowest BCUT2D eigenvalue weighted by Crippen LogP contribution is -2.33. The van der Waals surface area contributed by atoms with Gasteiger partial charge in [0.1, 0.15) is 17.3 Å². The third-order valence-electron chi connectivity index (χ3n) is 4.99. The van der Waals surface area contributed by atoms with Gasteiger partial charge >= 0.3 is 5.97 Å².